The highest BCUT2D eigenvalue weighted by Gasteiger charge is 2.42. The summed E-state index contributed by atoms with van der Waals surface area (Å²) in [6.07, 6.45) is 2.79. The number of carboxylic acids is 1. The van der Waals surface area contributed by atoms with Gasteiger partial charge in [-0.15, -0.1) is 0 Å². The zero-order chi connectivity index (χ0) is 18.5. The number of halogens is 1. The highest BCUT2D eigenvalue weighted by atomic mass is 19.1. The number of aromatic amines is 1. The van der Waals surface area contributed by atoms with Crippen LogP contribution in [-0.4, -0.2) is 23.2 Å². The van der Waals surface area contributed by atoms with E-state index in [9.17, 15) is 14.3 Å². The fraction of sp³-hybridized carbons (Fsp3) is 0.286. The molecule has 1 aliphatic carbocycles. The minimum absolute atomic E-state index is 0.122. The second kappa shape index (κ2) is 5.87. The van der Waals surface area contributed by atoms with Gasteiger partial charge in [-0.3, -0.25) is 0 Å². The Morgan fingerprint density at radius 2 is 2.04 bits per heavy atom. The number of hydrogen-bond acceptors (Lipinski definition) is 2. The lowest BCUT2D eigenvalue weighted by atomic mass is 9.94. The molecule has 5 heteroatoms. The summed E-state index contributed by atoms with van der Waals surface area (Å²) in [4.78, 5) is 14.8. The summed E-state index contributed by atoms with van der Waals surface area (Å²) < 4.78 is 19.0. The molecule has 134 valence electrons. The van der Waals surface area contributed by atoms with Crippen LogP contribution < -0.4 is 4.74 Å². The molecule has 4 rings (SSSR count). The maximum atomic E-state index is 13.7. The maximum Gasteiger partial charge on any atom is 0.338 e. The van der Waals surface area contributed by atoms with Crippen LogP contribution in [-0.2, 0) is 11.8 Å². The first-order valence-corrected chi connectivity index (χ1v) is 8.62. The molecule has 0 aliphatic heterocycles. The van der Waals surface area contributed by atoms with Crippen molar-refractivity contribution in [2.45, 2.75) is 31.6 Å². The molecular weight excluding hydrogens is 333 g/mol. The number of aromatic nitrogens is 1. The van der Waals surface area contributed by atoms with Gasteiger partial charge in [0.05, 0.1) is 12.7 Å². The normalized spacial score (nSPS) is 15.2. The molecule has 1 saturated carbocycles. The van der Waals surface area contributed by atoms with Crippen LogP contribution in [0.5, 0.6) is 5.75 Å². The number of ether oxygens (including phenoxy) is 1. The molecule has 1 aliphatic rings. The Hall–Kier alpha value is -2.82. The molecule has 1 fully saturated rings. The Morgan fingerprint density at radius 1 is 1.27 bits per heavy atom. The standard InChI is InChI=1S/C21H20FNO3/c1-21(7-8-21)19-15(14-5-4-13(26-2)11-18(14)23-19)9-12-3-6-17(22)16(10-12)20(24)25/h3-6,10-11,23H,7-9H2,1-2H3,(H,24,25). The van der Waals surface area contributed by atoms with Gasteiger partial charge in [0, 0.05) is 28.1 Å². The molecule has 0 spiro atoms. The molecule has 4 nitrogen and oxygen atoms in total. The molecule has 2 aromatic carbocycles. The Labute approximate surface area is 150 Å². The number of hydrogen-bond donors (Lipinski definition) is 2. The van der Waals surface area contributed by atoms with Crippen LogP contribution in [0.25, 0.3) is 10.9 Å². The van der Waals surface area contributed by atoms with E-state index in [1.54, 1.807) is 13.2 Å². The maximum absolute atomic E-state index is 13.7. The third kappa shape index (κ3) is 2.73. The zero-order valence-electron chi connectivity index (χ0n) is 14.7. The van der Waals surface area contributed by atoms with Crippen molar-refractivity contribution in [2.75, 3.05) is 7.11 Å². The average Bonchev–Trinajstić information content (AvgIpc) is 3.27. The predicted octanol–water partition coefficient (Wildman–Crippen LogP) is 4.66. The number of carboxylic acid groups (broad SMARTS) is 1. The number of rotatable bonds is 5. The molecule has 0 saturated heterocycles. The monoisotopic (exact) mass is 353 g/mol. The number of nitrogens with one attached hydrogen (secondary N) is 1. The van der Waals surface area contributed by atoms with E-state index in [0.29, 0.717) is 6.42 Å². The fourth-order valence-corrected chi connectivity index (χ4v) is 3.55. The average molecular weight is 353 g/mol. The van der Waals surface area contributed by atoms with Crippen LogP contribution in [0.15, 0.2) is 36.4 Å². The summed E-state index contributed by atoms with van der Waals surface area (Å²) >= 11 is 0. The molecule has 0 amide bonds. The van der Waals surface area contributed by atoms with Crippen molar-refractivity contribution in [3.05, 3.63) is 64.6 Å². The summed E-state index contributed by atoms with van der Waals surface area (Å²) in [5.41, 5.74) is 3.95. The lowest BCUT2D eigenvalue weighted by Gasteiger charge is -2.11. The van der Waals surface area contributed by atoms with Crippen molar-refractivity contribution in [3.63, 3.8) is 0 Å². The molecule has 1 heterocycles. The van der Waals surface area contributed by atoms with Gasteiger partial charge < -0.3 is 14.8 Å². The smallest absolute Gasteiger partial charge is 0.338 e. The van der Waals surface area contributed by atoms with Gasteiger partial charge >= 0.3 is 5.97 Å². The van der Waals surface area contributed by atoms with E-state index in [-0.39, 0.29) is 11.0 Å². The SMILES string of the molecule is COc1ccc2c(Cc3ccc(F)c(C(=O)O)c3)c(C3(C)CC3)[nH]c2c1. The number of fused-ring (bicyclic) bond motifs is 1. The van der Waals surface area contributed by atoms with Crippen LogP contribution in [0.3, 0.4) is 0 Å². The van der Waals surface area contributed by atoms with Crippen molar-refractivity contribution in [1.82, 2.24) is 4.98 Å². The van der Waals surface area contributed by atoms with Crippen molar-refractivity contribution in [1.29, 1.82) is 0 Å². The second-order valence-electron chi connectivity index (χ2n) is 7.25. The van der Waals surface area contributed by atoms with Crippen molar-refractivity contribution in [2.24, 2.45) is 0 Å². The predicted molar refractivity (Wildman–Crippen MR) is 97.6 cm³/mol. The first-order chi connectivity index (χ1) is 12.4. The number of benzene rings is 2. The Kier molecular flexibility index (Phi) is 3.75. The molecule has 0 bridgehead atoms. The number of H-pyrrole nitrogens is 1. The van der Waals surface area contributed by atoms with Gasteiger partial charge in [0.1, 0.15) is 11.6 Å². The third-order valence-corrected chi connectivity index (χ3v) is 5.36. The molecule has 1 aromatic heterocycles. The molecule has 3 aromatic rings. The number of aromatic carboxylic acids is 1. The topological polar surface area (TPSA) is 62.3 Å². The van der Waals surface area contributed by atoms with Gasteiger partial charge in [-0.25, -0.2) is 9.18 Å². The van der Waals surface area contributed by atoms with Gasteiger partial charge in [0.15, 0.2) is 0 Å². The lowest BCUT2D eigenvalue weighted by Crippen LogP contribution is -2.06. The number of carbonyl (C=O) groups is 1. The second-order valence-corrected chi connectivity index (χ2v) is 7.25. The third-order valence-electron chi connectivity index (χ3n) is 5.36. The van der Waals surface area contributed by atoms with E-state index >= 15 is 0 Å². The van der Waals surface area contributed by atoms with Gasteiger partial charge in [0.2, 0.25) is 0 Å². The Morgan fingerprint density at radius 3 is 2.69 bits per heavy atom. The summed E-state index contributed by atoms with van der Waals surface area (Å²) in [5.74, 6) is -1.17. The van der Waals surface area contributed by atoms with Gasteiger partial charge in [0.25, 0.3) is 0 Å². The van der Waals surface area contributed by atoms with E-state index in [1.165, 1.54) is 17.8 Å². The Bertz CT molecular complexity index is 1020. The first kappa shape index (κ1) is 16.6. The fourth-order valence-electron chi connectivity index (χ4n) is 3.55. The van der Waals surface area contributed by atoms with Crippen LogP contribution in [0.2, 0.25) is 0 Å². The summed E-state index contributed by atoms with van der Waals surface area (Å²) in [6.45, 7) is 2.23. The van der Waals surface area contributed by atoms with Crippen molar-refractivity contribution < 1.29 is 19.0 Å². The van der Waals surface area contributed by atoms with E-state index in [0.717, 1.165) is 40.6 Å². The lowest BCUT2D eigenvalue weighted by molar-refractivity contribution is 0.0691. The first-order valence-electron chi connectivity index (χ1n) is 8.62. The van der Waals surface area contributed by atoms with Gasteiger partial charge in [-0.05, 0) is 54.7 Å². The Balaban J connectivity index is 1.83. The van der Waals surface area contributed by atoms with Crippen LogP contribution in [0.1, 0.15) is 46.9 Å². The van der Waals surface area contributed by atoms with E-state index < -0.39 is 11.8 Å². The van der Waals surface area contributed by atoms with Crippen molar-refractivity contribution in [3.8, 4) is 5.75 Å². The molecular formula is C21H20FNO3. The molecule has 0 atom stereocenters. The van der Waals surface area contributed by atoms with Gasteiger partial charge in [-0.2, -0.15) is 0 Å². The number of methoxy groups -OCH3 is 1. The van der Waals surface area contributed by atoms with E-state index in [4.69, 9.17) is 4.74 Å². The highest BCUT2D eigenvalue weighted by molar-refractivity contribution is 5.89. The highest BCUT2D eigenvalue weighted by Crippen LogP contribution is 2.50. The summed E-state index contributed by atoms with van der Waals surface area (Å²) in [6, 6.07) is 10.2. The summed E-state index contributed by atoms with van der Waals surface area (Å²) in [5, 5.41) is 10.3. The zero-order valence-corrected chi connectivity index (χ0v) is 14.7. The minimum atomic E-state index is -1.25. The quantitative estimate of drug-likeness (QED) is 0.701. The van der Waals surface area contributed by atoms with Crippen molar-refractivity contribution >= 4 is 16.9 Å². The van der Waals surface area contributed by atoms with Crippen LogP contribution >= 0.6 is 0 Å². The molecule has 26 heavy (non-hydrogen) atoms. The molecule has 0 unspecified atom stereocenters. The molecule has 0 radical (unpaired) electrons. The summed E-state index contributed by atoms with van der Waals surface area (Å²) in [7, 11) is 1.64. The minimum Gasteiger partial charge on any atom is -0.497 e. The van der Waals surface area contributed by atoms with Gasteiger partial charge in [-0.1, -0.05) is 13.0 Å². The van der Waals surface area contributed by atoms with Crippen LogP contribution in [0, 0.1) is 5.82 Å². The van der Waals surface area contributed by atoms with Crippen LogP contribution in [0.4, 0.5) is 4.39 Å². The van der Waals surface area contributed by atoms with E-state index in [1.807, 2.05) is 18.2 Å². The molecule has 2 N–H and O–H groups in total. The largest absolute Gasteiger partial charge is 0.497 e. The van der Waals surface area contributed by atoms with E-state index in [2.05, 4.69) is 11.9 Å².